The molecule has 0 N–H and O–H groups in total. The minimum absolute atomic E-state index is 0. The molecule has 2 rings (SSSR count). The van der Waals surface area contributed by atoms with Gasteiger partial charge in [-0.05, 0) is 24.3 Å². The van der Waals surface area contributed by atoms with Crippen LogP contribution in [0.5, 0.6) is 0 Å². The van der Waals surface area contributed by atoms with Gasteiger partial charge in [0, 0.05) is 9.86 Å². The van der Waals surface area contributed by atoms with E-state index in [4.69, 9.17) is 4.42 Å². The van der Waals surface area contributed by atoms with Crippen LogP contribution in [-0.4, -0.2) is 5.97 Å². The first-order chi connectivity index (χ1) is 7.08. The Morgan fingerprint density at radius 3 is 2.62 bits per heavy atom. The molecule has 6 heteroatoms. The number of rotatable bonds is 1. The molecular weight excluding hydrogens is 303 g/mol. The molecule has 1 heterocycles. The van der Waals surface area contributed by atoms with Crippen molar-refractivity contribution >= 4 is 32.9 Å². The van der Waals surface area contributed by atoms with Crippen molar-refractivity contribution in [3.05, 3.63) is 44.7 Å². The molecule has 0 atom stereocenters. The van der Waals surface area contributed by atoms with Crippen LogP contribution in [0.4, 0.5) is 0 Å². The number of carboxylic acid groups (broad SMARTS) is 1. The number of halogens is 1. The first-order valence-corrected chi connectivity index (χ1v) is 4.82. The normalized spacial score (nSPS) is 9.81. The van der Waals surface area contributed by atoms with Gasteiger partial charge in [-0.3, -0.25) is 0 Å². The van der Waals surface area contributed by atoms with Gasteiger partial charge >= 0.3 is 57.0 Å². The molecule has 0 saturated heterocycles. The molecule has 1 aromatic heterocycles. The van der Waals surface area contributed by atoms with Crippen LogP contribution in [0.1, 0.15) is 10.4 Å². The Bertz CT molecular complexity index is 605. The molecule has 0 fully saturated rings. The minimum atomic E-state index is -1.54. The van der Waals surface area contributed by atoms with Gasteiger partial charge < -0.3 is 14.3 Å². The Morgan fingerprint density at radius 1 is 1.31 bits per heavy atom. The fourth-order valence-electron chi connectivity index (χ4n) is 1.24. The second-order valence-electron chi connectivity index (χ2n) is 2.92. The van der Waals surface area contributed by atoms with E-state index in [1.165, 1.54) is 6.07 Å². The summed E-state index contributed by atoms with van der Waals surface area (Å²) in [5.41, 5.74) is -1.03. The van der Waals surface area contributed by atoms with Crippen LogP contribution in [0.15, 0.2) is 37.9 Å². The average molecular weight is 307 g/mol. The predicted octanol–water partition coefficient (Wildman–Crippen LogP) is -2.08. The zero-order chi connectivity index (χ0) is 11.0. The van der Waals surface area contributed by atoms with E-state index >= 15 is 0 Å². The number of benzene rings is 1. The smallest absolute Gasteiger partial charge is 0.545 e. The van der Waals surface area contributed by atoms with Gasteiger partial charge in [0.1, 0.15) is 5.58 Å². The third-order valence-corrected chi connectivity index (χ3v) is 2.41. The summed E-state index contributed by atoms with van der Waals surface area (Å²) >= 11 is 3.23. The summed E-state index contributed by atoms with van der Waals surface area (Å²) in [6.07, 6.45) is 0. The van der Waals surface area contributed by atoms with Gasteiger partial charge in [0.05, 0.1) is 11.5 Å². The molecule has 0 unspecified atom stereocenters. The van der Waals surface area contributed by atoms with E-state index in [9.17, 15) is 14.7 Å². The van der Waals surface area contributed by atoms with Crippen LogP contribution in [0.3, 0.4) is 0 Å². The molecule has 2 aromatic rings. The van der Waals surface area contributed by atoms with E-state index in [2.05, 4.69) is 15.9 Å². The van der Waals surface area contributed by atoms with E-state index < -0.39 is 17.2 Å². The number of carboxylic acids is 1. The molecule has 0 spiro atoms. The number of hydrogen-bond acceptors (Lipinski definition) is 4. The Hall–Kier alpha value is 0.0164. The van der Waals surface area contributed by atoms with Crippen LogP contribution >= 0.6 is 15.9 Å². The standard InChI is InChI=1S/C10H5BrO4.K/c11-6-1-2-8-5(3-6)4-7(9(12)13)10(14)15-8;/h1-4H,(H,12,13);/q;+1/p-1. The SMILES string of the molecule is O=C([O-])c1cc2cc(Br)ccc2oc1=O.[K+]. The molecule has 16 heavy (non-hydrogen) atoms. The van der Waals surface area contributed by atoms with Gasteiger partial charge in [0.2, 0.25) is 0 Å². The molecule has 0 bridgehead atoms. The Morgan fingerprint density at radius 2 is 2.00 bits per heavy atom. The molecule has 76 valence electrons. The van der Waals surface area contributed by atoms with Crippen molar-refractivity contribution in [2.75, 3.05) is 0 Å². The number of carbonyl (C=O) groups is 1. The third-order valence-electron chi connectivity index (χ3n) is 1.91. The summed E-state index contributed by atoms with van der Waals surface area (Å²) in [6, 6.07) is 6.18. The fraction of sp³-hybridized carbons (Fsp3) is 0. The molecule has 4 nitrogen and oxygen atoms in total. The molecule has 0 saturated carbocycles. The van der Waals surface area contributed by atoms with E-state index in [0.29, 0.717) is 11.0 Å². The fourth-order valence-corrected chi connectivity index (χ4v) is 1.62. The maximum atomic E-state index is 11.2. The van der Waals surface area contributed by atoms with Gasteiger partial charge in [0.15, 0.2) is 0 Å². The van der Waals surface area contributed by atoms with Crippen LogP contribution in [-0.2, 0) is 0 Å². The van der Waals surface area contributed by atoms with Crippen molar-refractivity contribution in [3.8, 4) is 0 Å². The Labute approximate surface area is 141 Å². The summed E-state index contributed by atoms with van der Waals surface area (Å²) in [5.74, 6) is -1.54. The number of fused-ring (bicyclic) bond motifs is 1. The van der Waals surface area contributed by atoms with Crippen LogP contribution in [0.25, 0.3) is 11.0 Å². The topological polar surface area (TPSA) is 70.3 Å². The number of hydrogen-bond donors (Lipinski definition) is 0. The maximum Gasteiger partial charge on any atom is 1.00 e. The van der Waals surface area contributed by atoms with Crippen molar-refractivity contribution in [2.24, 2.45) is 0 Å². The second kappa shape index (κ2) is 5.57. The van der Waals surface area contributed by atoms with Crippen molar-refractivity contribution in [2.45, 2.75) is 0 Å². The van der Waals surface area contributed by atoms with E-state index in [1.54, 1.807) is 18.2 Å². The van der Waals surface area contributed by atoms with Gasteiger partial charge in [-0.15, -0.1) is 0 Å². The molecule has 0 radical (unpaired) electrons. The van der Waals surface area contributed by atoms with Crippen LogP contribution < -0.4 is 62.1 Å². The minimum Gasteiger partial charge on any atom is -0.545 e. The quantitative estimate of drug-likeness (QED) is 0.448. The maximum absolute atomic E-state index is 11.2. The molecular formula is C10H4BrKO4. The third kappa shape index (κ3) is 2.82. The van der Waals surface area contributed by atoms with Crippen LogP contribution in [0, 0.1) is 0 Å². The first kappa shape index (κ1) is 14.1. The predicted molar refractivity (Wildman–Crippen MR) is 54.5 cm³/mol. The Balaban J connectivity index is 0.00000128. The van der Waals surface area contributed by atoms with Crippen molar-refractivity contribution in [3.63, 3.8) is 0 Å². The summed E-state index contributed by atoms with van der Waals surface area (Å²) in [5, 5.41) is 11.1. The zero-order valence-electron chi connectivity index (χ0n) is 8.32. The molecule has 1 aromatic carbocycles. The van der Waals surface area contributed by atoms with Gasteiger partial charge in [-0.1, -0.05) is 15.9 Å². The molecule has 0 aliphatic rings. The average Bonchev–Trinajstić information content (AvgIpc) is 2.17. The van der Waals surface area contributed by atoms with Gasteiger partial charge in [0.25, 0.3) is 0 Å². The van der Waals surface area contributed by atoms with Crippen molar-refractivity contribution in [1.82, 2.24) is 0 Å². The largest absolute Gasteiger partial charge is 1.00 e. The van der Waals surface area contributed by atoms with Gasteiger partial charge in [-0.25, -0.2) is 4.79 Å². The van der Waals surface area contributed by atoms with Crippen molar-refractivity contribution in [1.29, 1.82) is 0 Å². The summed E-state index contributed by atoms with van der Waals surface area (Å²) < 4.78 is 5.58. The number of aromatic carboxylic acids is 1. The molecule has 0 aliphatic carbocycles. The molecule has 0 amide bonds. The molecule has 0 aliphatic heterocycles. The first-order valence-electron chi connectivity index (χ1n) is 4.02. The van der Waals surface area contributed by atoms with Crippen molar-refractivity contribution < 1.29 is 65.7 Å². The summed E-state index contributed by atoms with van der Waals surface area (Å²) in [4.78, 5) is 21.7. The Kier molecular flexibility index (Phi) is 4.90. The summed E-state index contributed by atoms with van der Waals surface area (Å²) in [7, 11) is 0. The monoisotopic (exact) mass is 306 g/mol. The van der Waals surface area contributed by atoms with E-state index in [-0.39, 0.29) is 51.4 Å². The van der Waals surface area contributed by atoms with Crippen LogP contribution in [0.2, 0.25) is 0 Å². The van der Waals surface area contributed by atoms with E-state index in [1.807, 2.05) is 0 Å². The second-order valence-corrected chi connectivity index (χ2v) is 3.83. The summed E-state index contributed by atoms with van der Waals surface area (Å²) in [6.45, 7) is 0. The zero-order valence-corrected chi connectivity index (χ0v) is 13.0. The number of carbonyl (C=O) groups excluding carboxylic acids is 1. The van der Waals surface area contributed by atoms with Gasteiger partial charge in [-0.2, -0.15) is 0 Å². The van der Waals surface area contributed by atoms with E-state index in [0.717, 1.165) is 4.47 Å².